The van der Waals surface area contributed by atoms with Crippen molar-refractivity contribution in [1.82, 2.24) is 19.7 Å². The number of urea groups is 1. The summed E-state index contributed by atoms with van der Waals surface area (Å²) in [7, 11) is 1.50. The third-order valence-corrected chi connectivity index (χ3v) is 7.61. The van der Waals surface area contributed by atoms with Gasteiger partial charge in [0.1, 0.15) is 12.1 Å². The summed E-state index contributed by atoms with van der Waals surface area (Å²) in [6, 6.07) is 9.28. The third kappa shape index (κ3) is 7.71. The van der Waals surface area contributed by atoms with Crippen LogP contribution in [0, 0.1) is 6.92 Å². The van der Waals surface area contributed by atoms with E-state index < -0.39 is 41.7 Å². The van der Waals surface area contributed by atoms with Gasteiger partial charge in [0.25, 0.3) is 0 Å². The van der Waals surface area contributed by atoms with Crippen LogP contribution in [0.3, 0.4) is 0 Å². The molecule has 3 amide bonds. The maximum Gasteiger partial charge on any atom is 0.573 e. The van der Waals surface area contributed by atoms with Crippen LogP contribution in [0.15, 0.2) is 66.0 Å². The summed E-state index contributed by atoms with van der Waals surface area (Å²) < 4.78 is 89.9. The normalized spacial score (nSPS) is 15.3. The number of nitrogens with one attached hydrogen (secondary N) is 1. The Labute approximate surface area is 266 Å². The molecule has 18 heteroatoms. The number of aliphatic imine (C=N–C) groups is 1. The van der Waals surface area contributed by atoms with Crippen LogP contribution in [0.25, 0.3) is 17.2 Å². The molecule has 0 spiro atoms. The first-order valence-corrected chi connectivity index (χ1v) is 14.5. The number of benzene rings is 2. The predicted molar refractivity (Wildman–Crippen MR) is 159 cm³/mol. The Kier molecular flexibility index (Phi) is 9.26. The highest BCUT2D eigenvalue weighted by Gasteiger charge is 2.36. The number of aromatic nitrogens is 4. The second-order valence-electron chi connectivity index (χ2n) is 9.95. The van der Waals surface area contributed by atoms with Gasteiger partial charge in [-0.1, -0.05) is 23.9 Å². The zero-order valence-corrected chi connectivity index (χ0v) is 25.4. The number of nitrogens with zero attached hydrogens (tertiary/aromatic N) is 6. The number of carbonyl (C=O) groups is 2. The fourth-order valence-electron chi connectivity index (χ4n) is 4.46. The molecule has 0 aliphatic carbocycles. The van der Waals surface area contributed by atoms with Gasteiger partial charge in [0, 0.05) is 18.2 Å². The number of methoxy groups -OCH3 is 1. The van der Waals surface area contributed by atoms with Crippen LogP contribution >= 0.6 is 11.8 Å². The Morgan fingerprint density at radius 2 is 1.83 bits per heavy atom. The highest BCUT2D eigenvalue weighted by atomic mass is 32.2. The van der Waals surface area contributed by atoms with E-state index in [2.05, 4.69) is 30.1 Å². The predicted octanol–water partition coefficient (Wildman–Crippen LogP) is 6.93. The molecule has 1 aliphatic rings. The monoisotopic (exact) mass is 679 g/mol. The van der Waals surface area contributed by atoms with Gasteiger partial charge in [-0.3, -0.25) is 9.69 Å². The van der Waals surface area contributed by atoms with Gasteiger partial charge in [-0.2, -0.15) is 18.2 Å². The molecule has 0 saturated carbocycles. The number of hydrogen-bond donors (Lipinski definition) is 1. The number of ether oxygens (including phenoxy) is 2. The zero-order chi connectivity index (χ0) is 34.1. The molecule has 246 valence electrons. The van der Waals surface area contributed by atoms with Crippen LogP contribution in [-0.4, -0.2) is 56.1 Å². The number of hydrogen-bond acceptors (Lipinski definition) is 8. The van der Waals surface area contributed by atoms with Gasteiger partial charge in [-0.05, 0) is 55.8 Å². The largest absolute Gasteiger partial charge is 0.573 e. The standard InChI is InChI=1S/C29H23F6N7O4S/c1-15-4-7-19(16(2)45-3)22(10-15)42-24(43)13-47-27(42)39-26(44)38-21-8-5-17(11-20(21)28(30,31)32)25-37-14-41(40-25)23-9-6-18(12-36-23)46-29(33,34)35/h4-12,14,16H,13H2,1-3H3,(H,38,44)/b39-27-. The summed E-state index contributed by atoms with van der Waals surface area (Å²) in [5, 5.41) is 6.20. The lowest BCUT2D eigenvalue weighted by atomic mass is 10.0. The van der Waals surface area contributed by atoms with E-state index in [9.17, 15) is 35.9 Å². The molecule has 2 aromatic carbocycles. The van der Waals surface area contributed by atoms with Crippen molar-refractivity contribution in [2.45, 2.75) is 32.5 Å². The summed E-state index contributed by atoms with van der Waals surface area (Å²) in [5.74, 6) is -1.13. The van der Waals surface area contributed by atoms with Crippen LogP contribution < -0.4 is 15.0 Å². The lowest BCUT2D eigenvalue weighted by Gasteiger charge is -2.23. The van der Waals surface area contributed by atoms with E-state index in [-0.39, 0.29) is 34.0 Å². The van der Waals surface area contributed by atoms with Crippen LogP contribution in [0.2, 0.25) is 0 Å². The number of aryl methyl sites for hydroxylation is 1. The molecule has 1 fully saturated rings. The van der Waals surface area contributed by atoms with Crippen LogP contribution in [-0.2, 0) is 15.7 Å². The SMILES string of the molecule is COC(C)c1ccc(C)cc1N1C(=O)CS/C1=N\C(=O)Nc1ccc(-c2ncn(-c3ccc(OC(F)(F)F)cn3)n2)cc1C(F)(F)F. The second kappa shape index (κ2) is 13.0. The molecule has 5 rings (SSSR count). The minimum atomic E-state index is -4.93. The summed E-state index contributed by atoms with van der Waals surface area (Å²) in [6.07, 6.45) is -8.35. The van der Waals surface area contributed by atoms with E-state index in [0.29, 0.717) is 11.3 Å². The molecule has 2 aromatic heterocycles. The van der Waals surface area contributed by atoms with Gasteiger partial charge in [-0.15, -0.1) is 18.3 Å². The van der Waals surface area contributed by atoms with Crippen molar-refractivity contribution in [2.24, 2.45) is 4.99 Å². The van der Waals surface area contributed by atoms with Crippen molar-refractivity contribution < 1.29 is 45.4 Å². The molecule has 0 radical (unpaired) electrons. The highest BCUT2D eigenvalue weighted by Crippen LogP contribution is 2.38. The van der Waals surface area contributed by atoms with Crippen LogP contribution in [0.4, 0.5) is 42.5 Å². The zero-order valence-electron chi connectivity index (χ0n) is 24.6. The maximum absolute atomic E-state index is 14.1. The van der Waals surface area contributed by atoms with Gasteiger partial charge in [0.15, 0.2) is 16.8 Å². The highest BCUT2D eigenvalue weighted by molar-refractivity contribution is 8.15. The quantitative estimate of drug-likeness (QED) is 0.209. The Hall–Kier alpha value is -4.97. The van der Waals surface area contributed by atoms with E-state index in [1.54, 1.807) is 19.1 Å². The number of amides is 3. The topological polar surface area (TPSA) is 124 Å². The number of halogens is 6. The maximum atomic E-state index is 14.1. The fraction of sp³-hybridized carbons (Fsp3) is 0.241. The minimum absolute atomic E-state index is 0.0177. The number of amidine groups is 1. The molecule has 1 atom stereocenters. The molecule has 11 nitrogen and oxygen atoms in total. The molecule has 4 aromatic rings. The van der Waals surface area contributed by atoms with Crippen molar-refractivity contribution in [3.8, 4) is 23.0 Å². The molecular weight excluding hydrogens is 656 g/mol. The lowest BCUT2D eigenvalue weighted by Crippen LogP contribution is -2.31. The number of anilines is 2. The van der Waals surface area contributed by atoms with Gasteiger partial charge in [0.2, 0.25) is 5.91 Å². The summed E-state index contributed by atoms with van der Waals surface area (Å²) in [4.78, 5) is 38.7. The first-order chi connectivity index (χ1) is 22.1. The van der Waals surface area contributed by atoms with E-state index in [1.807, 2.05) is 13.0 Å². The first kappa shape index (κ1) is 33.4. The van der Waals surface area contributed by atoms with Gasteiger partial charge < -0.3 is 14.8 Å². The Morgan fingerprint density at radius 1 is 1.06 bits per heavy atom. The molecule has 47 heavy (non-hydrogen) atoms. The van der Waals surface area contributed by atoms with Crippen molar-refractivity contribution in [2.75, 3.05) is 23.1 Å². The summed E-state index contributed by atoms with van der Waals surface area (Å²) in [5.41, 5.74) is -0.0137. The molecule has 1 saturated heterocycles. The van der Waals surface area contributed by atoms with Gasteiger partial charge >= 0.3 is 18.6 Å². The van der Waals surface area contributed by atoms with Crippen LogP contribution in [0.5, 0.6) is 5.75 Å². The average Bonchev–Trinajstić information content (AvgIpc) is 3.63. The molecule has 0 bridgehead atoms. The average molecular weight is 680 g/mol. The van der Waals surface area contributed by atoms with Crippen molar-refractivity contribution in [3.05, 3.63) is 77.7 Å². The Morgan fingerprint density at radius 3 is 2.49 bits per heavy atom. The van der Waals surface area contributed by atoms with Gasteiger partial charge in [-0.25, -0.2) is 19.4 Å². The number of carbonyl (C=O) groups excluding carboxylic acids is 2. The third-order valence-electron chi connectivity index (χ3n) is 6.69. The minimum Gasteiger partial charge on any atom is -0.404 e. The van der Waals surface area contributed by atoms with Crippen molar-refractivity contribution in [3.63, 3.8) is 0 Å². The summed E-state index contributed by atoms with van der Waals surface area (Å²) in [6.45, 7) is 3.59. The van der Waals surface area contributed by atoms with Crippen molar-refractivity contribution >= 4 is 40.2 Å². The smallest absolute Gasteiger partial charge is 0.404 e. The van der Waals surface area contributed by atoms with Gasteiger partial charge in [0.05, 0.1) is 35.0 Å². The first-order valence-electron chi connectivity index (χ1n) is 13.5. The molecule has 1 N–H and O–H groups in total. The van der Waals surface area contributed by atoms with E-state index >= 15 is 0 Å². The van der Waals surface area contributed by atoms with Crippen molar-refractivity contribution in [1.29, 1.82) is 0 Å². The number of thioether (sulfide) groups is 1. The molecular formula is C29H23F6N7O4S. The molecule has 1 unspecified atom stereocenters. The van der Waals surface area contributed by atoms with E-state index in [0.717, 1.165) is 58.8 Å². The number of pyridine rings is 1. The van der Waals surface area contributed by atoms with E-state index in [4.69, 9.17) is 4.74 Å². The fourth-order valence-corrected chi connectivity index (χ4v) is 5.32. The summed E-state index contributed by atoms with van der Waals surface area (Å²) >= 11 is 0.961. The Bertz CT molecular complexity index is 1840. The van der Waals surface area contributed by atoms with Crippen LogP contribution in [0.1, 0.15) is 29.7 Å². The molecule has 3 heterocycles. The lowest BCUT2D eigenvalue weighted by molar-refractivity contribution is -0.274. The Balaban J connectivity index is 1.39. The number of rotatable bonds is 7. The number of alkyl halides is 6. The van der Waals surface area contributed by atoms with E-state index in [1.165, 1.54) is 18.1 Å². The second-order valence-corrected chi connectivity index (χ2v) is 10.9. The molecule has 1 aliphatic heterocycles.